The molecule has 3 N–H and O–H groups in total. The second-order valence-corrected chi connectivity index (χ2v) is 33.7. The molecule has 19 heteroatoms. The Hall–Kier alpha value is -1.94. The van der Waals surface area contributed by atoms with Crippen molar-refractivity contribution in [2.45, 2.75) is 433 Å². The first-order chi connectivity index (χ1) is 48.1. The third-order valence-corrected chi connectivity index (χ3v) is 21.1. The maximum atomic E-state index is 13.1. The summed E-state index contributed by atoms with van der Waals surface area (Å²) in [7, 11) is -9.92. The number of aliphatic hydroxyl groups is 1. The zero-order chi connectivity index (χ0) is 73.8. The Labute approximate surface area is 613 Å². The van der Waals surface area contributed by atoms with Crippen molar-refractivity contribution in [2.75, 3.05) is 39.6 Å². The van der Waals surface area contributed by atoms with Gasteiger partial charge in [-0.2, -0.15) is 0 Å². The Kier molecular flexibility index (Phi) is 68.7. The Morgan fingerprint density at radius 2 is 0.480 bits per heavy atom. The van der Waals surface area contributed by atoms with Crippen LogP contribution < -0.4 is 0 Å². The lowest BCUT2D eigenvalue weighted by molar-refractivity contribution is -0.161. The van der Waals surface area contributed by atoms with Gasteiger partial charge in [-0.25, -0.2) is 9.13 Å². The van der Waals surface area contributed by atoms with E-state index in [0.29, 0.717) is 37.5 Å². The van der Waals surface area contributed by atoms with Gasteiger partial charge in [0.05, 0.1) is 26.4 Å². The first kappa shape index (κ1) is 98.1. The van der Waals surface area contributed by atoms with Crippen molar-refractivity contribution in [3.63, 3.8) is 0 Å². The molecule has 100 heavy (non-hydrogen) atoms. The molecule has 0 aliphatic carbocycles. The van der Waals surface area contributed by atoms with Crippen LogP contribution in [0.2, 0.25) is 0 Å². The zero-order valence-electron chi connectivity index (χ0n) is 65.8. The molecule has 0 saturated heterocycles. The number of phosphoric acid groups is 2. The minimum atomic E-state index is -4.96. The van der Waals surface area contributed by atoms with Gasteiger partial charge >= 0.3 is 39.5 Å². The highest BCUT2D eigenvalue weighted by molar-refractivity contribution is 7.47. The Bertz CT molecular complexity index is 1960. The van der Waals surface area contributed by atoms with E-state index in [2.05, 4.69) is 55.4 Å². The van der Waals surface area contributed by atoms with Gasteiger partial charge in [0, 0.05) is 25.7 Å². The number of carbonyl (C=O) groups is 4. The van der Waals surface area contributed by atoms with Crippen LogP contribution in [0.4, 0.5) is 0 Å². The fraction of sp³-hybridized carbons (Fsp3) is 0.951. The first-order valence-corrected chi connectivity index (χ1v) is 44.7. The SMILES string of the molecule is CCC(C)CCCCCCCCCCCCCCCCCCCCC(=O)OC[C@H](COP(=O)(O)OCC(O)COP(=O)(O)OC[C@@H](COC(=O)CCCCCCCCCC(C)C)OC(=O)CCCCCCCCC(C)C)OC(=O)CCCCCCCCCCCCCCCCCCC(C)C. The maximum Gasteiger partial charge on any atom is 0.472 e. The number of aliphatic hydroxyl groups excluding tert-OH is 1. The van der Waals surface area contributed by atoms with E-state index < -0.39 is 97.5 Å². The molecule has 0 aromatic carbocycles. The smallest absolute Gasteiger partial charge is 0.462 e. The topological polar surface area (TPSA) is 237 Å². The van der Waals surface area contributed by atoms with E-state index >= 15 is 0 Å². The number of phosphoric ester groups is 2. The van der Waals surface area contributed by atoms with Crippen LogP contribution in [-0.4, -0.2) is 96.7 Å². The molecule has 4 unspecified atom stereocenters. The second kappa shape index (κ2) is 70.1. The molecular formula is C81H158O17P2. The van der Waals surface area contributed by atoms with Crippen LogP contribution in [0.3, 0.4) is 0 Å². The molecule has 0 bridgehead atoms. The van der Waals surface area contributed by atoms with Gasteiger partial charge < -0.3 is 33.8 Å². The number of carbonyl (C=O) groups excluding carboxylic acids is 4. The lowest BCUT2D eigenvalue weighted by Crippen LogP contribution is -2.30. The molecule has 0 aliphatic heterocycles. The van der Waals surface area contributed by atoms with Gasteiger partial charge in [-0.1, -0.05) is 364 Å². The van der Waals surface area contributed by atoms with Gasteiger partial charge in [-0.3, -0.25) is 37.3 Å². The zero-order valence-corrected chi connectivity index (χ0v) is 67.6. The van der Waals surface area contributed by atoms with Crippen LogP contribution in [0.15, 0.2) is 0 Å². The predicted octanol–water partition coefficient (Wildman–Crippen LogP) is 24.0. The minimum Gasteiger partial charge on any atom is -0.462 e. The third kappa shape index (κ3) is 73.0. The molecule has 0 aromatic heterocycles. The monoisotopic (exact) mass is 1470 g/mol. The summed E-state index contributed by atoms with van der Waals surface area (Å²) >= 11 is 0. The van der Waals surface area contributed by atoms with Crippen molar-refractivity contribution in [3.05, 3.63) is 0 Å². The predicted molar refractivity (Wildman–Crippen MR) is 409 cm³/mol. The van der Waals surface area contributed by atoms with Gasteiger partial charge in [-0.15, -0.1) is 0 Å². The van der Waals surface area contributed by atoms with Crippen molar-refractivity contribution in [3.8, 4) is 0 Å². The Morgan fingerprint density at radius 3 is 0.710 bits per heavy atom. The van der Waals surface area contributed by atoms with Crippen molar-refractivity contribution in [1.29, 1.82) is 0 Å². The molecular weight excluding hydrogens is 1310 g/mol. The molecule has 0 spiro atoms. The number of hydrogen-bond donors (Lipinski definition) is 3. The summed E-state index contributed by atoms with van der Waals surface area (Å²) in [5.41, 5.74) is 0. The van der Waals surface area contributed by atoms with Crippen LogP contribution in [-0.2, 0) is 65.4 Å². The summed E-state index contributed by atoms with van der Waals surface area (Å²) in [6.07, 6.45) is 57.4. The quantitative estimate of drug-likeness (QED) is 0.0222. The molecule has 0 radical (unpaired) electrons. The number of unbranched alkanes of at least 4 members (excludes halogenated alkanes) is 43. The molecule has 0 rings (SSSR count). The molecule has 17 nitrogen and oxygen atoms in total. The molecule has 0 fully saturated rings. The van der Waals surface area contributed by atoms with Crippen LogP contribution in [0.5, 0.6) is 0 Å². The van der Waals surface area contributed by atoms with Gasteiger partial charge in [0.25, 0.3) is 0 Å². The number of ether oxygens (including phenoxy) is 4. The van der Waals surface area contributed by atoms with E-state index in [1.54, 1.807) is 0 Å². The van der Waals surface area contributed by atoms with E-state index in [1.807, 2.05) is 0 Å². The molecule has 0 aromatic rings. The summed E-state index contributed by atoms with van der Waals surface area (Å²) < 4.78 is 68.6. The van der Waals surface area contributed by atoms with Crippen LogP contribution in [0, 0.1) is 23.7 Å². The van der Waals surface area contributed by atoms with Crippen LogP contribution in [0.25, 0.3) is 0 Å². The van der Waals surface area contributed by atoms with Gasteiger partial charge in [-0.05, 0) is 49.4 Å². The van der Waals surface area contributed by atoms with Gasteiger partial charge in [0.2, 0.25) is 0 Å². The largest absolute Gasteiger partial charge is 0.472 e. The Morgan fingerprint density at radius 1 is 0.280 bits per heavy atom. The van der Waals surface area contributed by atoms with Gasteiger partial charge in [0.15, 0.2) is 12.2 Å². The molecule has 0 heterocycles. The van der Waals surface area contributed by atoms with Crippen LogP contribution >= 0.6 is 15.6 Å². The summed E-state index contributed by atoms with van der Waals surface area (Å²) in [5, 5.41) is 10.6. The summed E-state index contributed by atoms with van der Waals surface area (Å²) in [6, 6.07) is 0. The maximum absolute atomic E-state index is 13.1. The lowest BCUT2D eigenvalue weighted by Gasteiger charge is -2.21. The van der Waals surface area contributed by atoms with Crippen molar-refractivity contribution >= 4 is 39.5 Å². The molecule has 0 amide bonds. The third-order valence-electron chi connectivity index (χ3n) is 19.2. The Balaban J connectivity index is 5.17. The van der Waals surface area contributed by atoms with Crippen LogP contribution in [0.1, 0.15) is 415 Å². The standard InChI is InChI=1S/C81H158O17P2/c1-9-74(8)60-52-44-35-29-25-21-17-12-10-11-13-18-22-26-30-36-45-53-61-78(83)91-67-76(97-80(85)63-55-47-37-31-27-23-19-15-14-16-20-24-28-33-41-49-57-71(2)3)69-95-99(87,88)93-65-75(82)66-94-100(89,90)96-70-77(98-81(86)64-56-48-40-39-43-51-59-73(6)7)68-92-79(84)62-54-46-38-32-34-42-50-58-72(4)5/h71-77,82H,9-70H2,1-8H3,(H,87,88)(H,89,90)/t74?,75?,76-,77-/m1/s1. The summed E-state index contributed by atoms with van der Waals surface area (Å²) in [6.45, 7) is 14.2. The molecule has 594 valence electrons. The second-order valence-electron chi connectivity index (χ2n) is 30.8. The average Bonchev–Trinajstić information content (AvgIpc) is 0.912. The van der Waals surface area contributed by atoms with Crippen molar-refractivity contribution in [2.24, 2.45) is 23.7 Å². The minimum absolute atomic E-state index is 0.101. The molecule has 0 aliphatic rings. The summed E-state index contributed by atoms with van der Waals surface area (Å²) in [5.74, 6) is 0.936. The number of hydrogen-bond acceptors (Lipinski definition) is 15. The van der Waals surface area contributed by atoms with E-state index in [-0.39, 0.29) is 25.7 Å². The fourth-order valence-electron chi connectivity index (χ4n) is 12.4. The summed E-state index contributed by atoms with van der Waals surface area (Å²) in [4.78, 5) is 72.9. The van der Waals surface area contributed by atoms with E-state index in [9.17, 15) is 43.2 Å². The van der Waals surface area contributed by atoms with Crippen molar-refractivity contribution < 1.29 is 80.2 Å². The van der Waals surface area contributed by atoms with E-state index in [1.165, 1.54) is 212 Å². The first-order valence-electron chi connectivity index (χ1n) is 41.7. The fourth-order valence-corrected chi connectivity index (χ4v) is 14.0. The highest BCUT2D eigenvalue weighted by Crippen LogP contribution is 2.45. The number of esters is 4. The average molecular weight is 1470 g/mol. The molecule has 6 atom stereocenters. The van der Waals surface area contributed by atoms with Crippen molar-refractivity contribution in [1.82, 2.24) is 0 Å². The van der Waals surface area contributed by atoms with Gasteiger partial charge in [0.1, 0.15) is 19.3 Å². The lowest BCUT2D eigenvalue weighted by atomic mass is 9.99. The normalized spacial score (nSPS) is 14.3. The molecule has 0 saturated carbocycles. The highest BCUT2D eigenvalue weighted by atomic mass is 31.2. The van der Waals surface area contributed by atoms with E-state index in [0.717, 1.165) is 108 Å². The number of rotatable bonds is 78. The van der Waals surface area contributed by atoms with E-state index in [4.69, 9.17) is 37.0 Å². The highest BCUT2D eigenvalue weighted by Gasteiger charge is 2.30.